The van der Waals surface area contributed by atoms with Gasteiger partial charge in [0, 0.05) is 0 Å². The molecule has 0 aromatic heterocycles. The van der Waals surface area contributed by atoms with Crippen molar-refractivity contribution in [2.45, 2.75) is 22.2 Å². The van der Waals surface area contributed by atoms with Crippen molar-refractivity contribution in [3.05, 3.63) is 78.4 Å². The van der Waals surface area contributed by atoms with E-state index < -0.39 is 45.0 Å². The van der Waals surface area contributed by atoms with Gasteiger partial charge >= 0.3 is 11.9 Å². The summed E-state index contributed by atoms with van der Waals surface area (Å²) in [6.07, 6.45) is 0. The Balaban J connectivity index is 1.91. The summed E-state index contributed by atoms with van der Waals surface area (Å²) in [5, 5.41) is 3.69. The number of carbonyl (C=O) groups is 2. The fourth-order valence-corrected chi connectivity index (χ4v) is 6.46. The molecule has 7 nitrogen and oxygen atoms in total. The van der Waals surface area contributed by atoms with Crippen LogP contribution < -0.4 is 5.32 Å². The van der Waals surface area contributed by atoms with Gasteiger partial charge in [-0.05, 0) is 34.5 Å². The Morgan fingerprint density at radius 3 is 2.09 bits per heavy atom. The van der Waals surface area contributed by atoms with Crippen LogP contribution in [0.2, 0.25) is 0 Å². The number of hydrogen-bond donors (Lipinski definition) is 1. The van der Waals surface area contributed by atoms with E-state index in [2.05, 4.69) is 5.32 Å². The second-order valence-electron chi connectivity index (χ2n) is 7.62. The largest absolute Gasteiger partial charge is 0.469 e. The summed E-state index contributed by atoms with van der Waals surface area (Å²) in [7, 11) is -1.67. The molecule has 0 bridgehead atoms. The van der Waals surface area contributed by atoms with Crippen molar-refractivity contribution >= 4 is 32.5 Å². The summed E-state index contributed by atoms with van der Waals surface area (Å²) >= 11 is 0. The van der Waals surface area contributed by atoms with Crippen LogP contribution in [0.1, 0.15) is 11.6 Å². The maximum Gasteiger partial charge on any atom is 0.323 e. The maximum absolute atomic E-state index is 13.8. The van der Waals surface area contributed by atoms with E-state index >= 15 is 0 Å². The molecule has 0 aliphatic carbocycles. The predicted octanol–water partition coefficient (Wildman–Crippen LogP) is 2.66. The van der Waals surface area contributed by atoms with Gasteiger partial charge in [0.25, 0.3) is 0 Å². The molecule has 4 atom stereocenters. The van der Waals surface area contributed by atoms with Crippen molar-refractivity contribution in [2.24, 2.45) is 5.92 Å². The van der Waals surface area contributed by atoms with E-state index in [0.29, 0.717) is 5.56 Å². The standard InChI is InChI=1S/C24H23NO6S/c1-30-23(26)19-21(24(27)31-2)25-20(17-13-12-15-8-6-7-9-16(15)14-17)22(19)32(28,29)18-10-4-3-5-11-18/h3-14,19-22,25H,1-2H3/t19-,20+,21+,22-/m0/s1. The van der Waals surface area contributed by atoms with Crippen molar-refractivity contribution in [3.63, 3.8) is 0 Å². The lowest BCUT2D eigenvalue weighted by Crippen LogP contribution is -2.43. The van der Waals surface area contributed by atoms with Gasteiger partial charge in [-0.25, -0.2) is 8.42 Å². The number of nitrogens with one attached hydrogen (secondary N) is 1. The van der Waals surface area contributed by atoms with Gasteiger partial charge in [-0.3, -0.25) is 14.9 Å². The van der Waals surface area contributed by atoms with Crippen molar-refractivity contribution in [1.29, 1.82) is 0 Å². The normalized spacial score (nSPS) is 23.1. The first-order valence-corrected chi connectivity index (χ1v) is 11.6. The molecule has 1 heterocycles. The first-order chi connectivity index (χ1) is 15.4. The van der Waals surface area contributed by atoms with Crippen molar-refractivity contribution < 1.29 is 27.5 Å². The molecule has 8 heteroatoms. The fraction of sp³-hybridized carbons (Fsp3) is 0.250. The molecule has 1 saturated heterocycles. The number of esters is 2. The summed E-state index contributed by atoms with van der Waals surface area (Å²) in [5.41, 5.74) is 0.647. The number of sulfone groups is 1. The highest BCUT2D eigenvalue weighted by molar-refractivity contribution is 7.92. The molecule has 0 amide bonds. The predicted molar refractivity (Wildman–Crippen MR) is 119 cm³/mol. The summed E-state index contributed by atoms with van der Waals surface area (Å²) < 4.78 is 37.3. The number of methoxy groups -OCH3 is 2. The van der Waals surface area contributed by atoms with Crippen LogP contribution in [0, 0.1) is 5.92 Å². The van der Waals surface area contributed by atoms with Crippen molar-refractivity contribution in [3.8, 4) is 0 Å². The van der Waals surface area contributed by atoms with Gasteiger partial charge in [-0.2, -0.15) is 0 Å². The number of ether oxygens (including phenoxy) is 2. The van der Waals surface area contributed by atoms with Crippen molar-refractivity contribution in [2.75, 3.05) is 14.2 Å². The molecule has 1 aliphatic rings. The molecule has 0 saturated carbocycles. The molecule has 0 radical (unpaired) electrons. The van der Waals surface area contributed by atoms with Crippen molar-refractivity contribution in [1.82, 2.24) is 5.32 Å². The third-order valence-electron chi connectivity index (χ3n) is 5.89. The Hall–Kier alpha value is -3.23. The van der Waals surface area contributed by atoms with Gasteiger partial charge in [0.1, 0.15) is 17.2 Å². The summed E-state index contributed by atoms with van der Waals surface area (Å²) in [6.45, 7) is 0. The minimum atomic E-state index is -4.04. The van der Waals surface area contributed by atoms with Crippen LogP contribution in [0.3, 0.4) is 0 Å². The number of rotatable bonds is 5. The van der Waals surface area contributed by atoms with Gasteiger partial charge in [-0.1, -0.05) is 54.6 Å². The quantitative estimate of drug-likeness (QED) is 0.593. The molecule has 1 aliphatic heterocycles. The Labute approximate surface area is 186 Å². The van der Waals surface area contributed by atoms with E-state index in [-0.39, 0.29) is 4.90 Å². The van der Waals surface area contributed by atoms with Gasteiger partial charge in [-0.15, -0.1) is 0 Å². The third kappa shape index (κ3) is 3.76. The van der Waals surface area contributed by atoms with E-state index in [9.17, 15) is 18.0 Å². The maximum atomic E-state index is 13.8. The van der Waals surface area contributed by atoms with Crippen LogP contribution in [-0.4, -0.2) is 45.9 Å². The minimum absolute atomic E-state index is 0.0667. The average Bonchev–Trinajstić information content (AvgIpc) is 3.25. The molecule has 4 rings (SSSR count). The Morgan fingerprint density at radius 2 is 1.44 bits per heavy atom. The monoisotopic (exact) mass is 453 g/mol. The van der Waals surface area contributed by atoms with Crippen LogP contribution in [0.25, 0.3) is 10.8 Å². The topological polar surface area (TPSA) is 98.8 Å². The third-order valence-corrected chi connectivity index (χ3v) is 8.10. The fourth-order valence-electron chi connectivity index (χ4n) is 4.36. The second-order valence-corrected chi connectivity index (χ2v) is 9.73. The van der Waals surface area contributed by atoms with E-state index in [4.69, 9.17) is 9.47 Å². The molecule has 3 aromatic carbocycles. The van der Waals surface area contributed by atoms with Gasteiger partial charge in [0.15, 0.2) is 9.84 Å². The van der Waals surface area contributed by atoms with Crippen LogP contribution in [0.4, 0.5) is 0 Å². The van der Waals surface area contributed by atoms with Crippen LogP contribution >= 0.6 is 0 Å². The van der Waals surface area contributed by atoms with Crippen LogP contribution in [-0.2, 0) is 28.9 Å². The van der Waals surface area contributed by atoms with Crippen LogP contribution in [0.5, 0.6) is 0 Å². The van der Waals surface area contributed by atoms with E-state index in [1.807, 2.05) is 42.5 Å². The lowest BCUT2D eigenvalue weighted by molar-refractivity contribution is -0.153. The average molecular weight is 454 g/mol. The zero-order valence-electron chi connectivity index (χ0n) is 17.6. The van der Waals surface area contributed by atoms with E-state index in [1.165, 1.54) is 26.4 Å². The molecule has 3 aromatic rings. The molecular weight excluding hydrogens is 430 g/mol. The molecule has 0 unspecified atom stereocenters. The molecule has 1 N–H and O–H groups in total. The first-order valence-electron chi connectivity index (χ1n) is 10.1. The molecular formula is C24H23NO6S. The lowest BCUT2D eigenvalue weighted by atomic mass is 9.94. The van der Waals surface area contributed by atoms with Gasteiger partial charge < -0.3 is 9.47 Å². The Kier molecular flexibility index (Phi) is 5.99. The zero-order chi connectivity index (χ0) is 22.9. The minimum Gasteiger partial charge on any atom is -0.469 e. The lowest BCUT2D eigenvalue weighted by Gasteiger charge is -2.24. The molecule has 0 spiro atoms. The number of fused-ring (bicyclic) bond motifs is 1. The Bertz CT molecular complexity index is 1260. The van der Waals surface area contributed by atoms with Gasteiger partial charge in [0.05, 0.1) is 25.2 Å². The van der Waals surface area contributed by atoms with Crippen LogP contribution in [0.15, 0.2) is 77.7 Å². The number of carbonyl (C=O) groups excluding carboxylic acids is 2. The summed E-state index contributed by atoms with van der Waals surface area (Å²) in [6, 6.07) is 19.1. The van der Waals surface area contributed by atoms with E-state index in [0.717, 1.165) is 10.8 Å². The molecule has 32 heavy (non-hydrogen) atoms. The Morgan fingerprint density at radius 1 is 0.812 bits per heavy atom. The highest BCUT2D eigenvalue weighted by Gasteiger charge is 2.57. The summed E-state index contributed by atoms with van der Waals surface area (Å²) in [5.74, 6) is -2.80. The highest BCUT2D eigenvalue weighted by Crippen LogP contribution is 2.41. The second kappa shape index (κ2) is 8.72. The zero-order valence-corrected chi connectivity index (χ0v) is 18.4. The molecule has 166 valence electrons. The summed E-state index contributed by atoms with van der Waals surface area (Å²) in [4.78, 5) is 25.4. The number of hydrogen-bond acceptors (Lipinski definition) is 7. The van der Waals surface area contributed by atoms with Gasteiger partial charge in [0.2, 0.25) is 0 Å². The van der Waals surface area contributed by atoms with E-state index in [1.54, 1.807) is 18.2 Å². The molecule has 1 fully saturated rings. The first kappa shape index (κ1) is 22.0. The smallest absolute Gasteiger partial charge is 0.323 e. The number of benzene rings is 3. The SMILES string of the molecule is COC(=O)[C@@H]1[C@H](S(=O)(=O)c2ccccc2)[C@@H](c2ccc3ccccc3c2)N[C@H]1C(=O)OC. The highest BCUT2D eigenvalue weighted by atomic mass is 32.2.